The Labute approximate surface area is 69.5 Å². The van der Waals surface area contributed by atoms with E-state index in [1.54, 1.807) is 0 Å². The van der Waals surface area contributed by atoms with E-state index in [2.05, 4.69) is 0 Å². The average Bonchev–Trinajstić information content (AvgIpc) is 2.33. The van der Waals surface area contributed by atoms with Gasteiger partial charge in [0.1, 0.15) is 0 Å². The lowest BCUT2D eigenvalue weighted by atomic mass is 9.99. The van der Waals surface area contributed by atoms with Gasteiger partial charge in [-0.2, -0.15) is 0 Å². The molecule has 0 unspecified atom stereocenters. The van der Waals surface area contributed by atoms with Crippen LogP contribution in [0.2, 0.25) is 0 Å². The Morgan fingerprint density at radius 1 is 1.36 bits per heavy atom. The average molecular weight is 173 g/mol. The van der Waals surface area contributed by atoms with Gasteiger partial charge in [-0.15, -0.1) is 11.6 Å². The Bertz CT molecular complexity index is 240. The summed E-state index contributed by atoms with van der Waals surface area (Å²) >= 11 is 6.07. The van der Waals surface area contributed by atoms with Crippen molar-refractivity contribution in [2.24, 2.45) is 29.6 Å². The summed E-state index contributed by atoms with van der Waals surface area (Å²) in [7, 11) is 0. The fourth-order valence-corrected chi connectivity index (χ4v) is 4.02. The van der Waals surface area contributed by atoms with E-state index < -0.39 is 5.97 Å². The highest BCUT2D eigenvalue weighted by Crippen LogP contribution is 2.74. The molecule has 0 radical (unpaired) electrons. The van der Waals surface area contributed by atoms with E-state index in [9.17, 15) is 4.79 Å². The molecule has 4 aliphatic rings. The van der Waals surface area contributed by atoms with E-state index in [0.717, 1.165) is 6.42 Å². The summed E-state index contributed by atoms with van der Waals surface area (Å²) in [5.41, 5.74) is 0. The van der Waals surface area contributed by atoms with E-state index in [1.807, 2.05) is 0 Å². The zero-order valence-corrected chi connectivity index (χ0v) is 6.66. The predicted molar refractivity (Wildman–Crippen MR) is 39.3 cm³/mol. The van der Waals surface area contributed by atoms with Crippen molar-refractivity contribution >= 4 is 17.6 Å². The van der Waals surface area contributed by atoms with Crippen LogP contribution in [0.25, 0.3) is 0 Å². The van der Waals surface area contributed by atoms with E-state index in [0.29, 0.717) is 23.7 Å². The highest BCUT2D eigenvalue weighted by atomic mass is 35.5. The zero-order valence-electron chi connectivity index (χ0n) is 5.90. The van der Waals surface area contributed by atoms with Crippen LogP contribution in [-0.2, 0) is 4.79 Å². The number of aliphatic carboxylic acids is 1. The molecule has 11 heavy (non-hydrogen) atoms. The van der Waals surface area contributed by atoms with E-state index in [-0.39, 0.29) is 11.3 Å². The lowest BCUT2D eigenvalue weighted by molar-refractivity contribution is -0.143. The molecule has 0 aromatic carbocycles. The van der Waals surface area contributed by atoms with Gasteiger partial charge in [0.15, 0.2) is 0 Å². The number of hydrogen-bond donors (Lipinski definition) is 1. The minimum atomic E-state index is -0.617. The second-order valence-corrected chi connectivity index (χ2v) is 4.53. The van der Waals surface area contributed by atoms with E-state index in [4.69, 9.17) is 16.7 Å². The highest BCUT2D eigenvalue weighted by molar-refractivity contribution is 6.22. The highest BCUT2D eigenvalue weighted by Gasteiger charge is 2.74. The second-order valence-electron chi connectivity index (χ2n) is 4.03. The Balaban J connectivity index is 1.97. The number of alkyl halides is 1. The van der Waals surface area contributed by atoms with Crippen LogP contribution in [0.3, 0.4) is 0 Å². The molecular formula is C8H9ClO2. The summed E-state index contributed by atoms with van der Waals surface area (Å²) in [4.78, 5) is 10.8. The number of rotatable bonds is 1. The maximum atomic E-state index is 10.8. The smallest absolute Gasteiger partial charge is 0.307 e. The predicted octanol–water partition coefficient (Wildman–Crippen LogP) is 1.19. The molecule has 60 valence electrons. The Morgan fingerprint density at radius 2 is 2.09 bits per heavy atom. The molecule has 0 aliphatic heterocycles. The number of carboxylic acids is 1. The number of carbonyl (C=O) groups is 1. The van der Waals surface area contributed by atoms with Crippen LogP contribution in [0.5, 0.6) is 0 Å². The van der Waals surface area contributed by atoms with Crippen LogP contribution in [0.15, 0.2) is 0 Å². The molecule has 0 aromatic heterocycles. The molecule has 4 rings (SSSR count). The van der Waals surface area contributed by atoms with Crippen LogP contribution in [0, 0.1) is 29.6 Å². The van der Waals surface area contributed by atoms with E-state index in [1.165, 1.54) is 0 Å². The minimum absolute atomic E-state index is 0.0903. The summed E-state index contributed by atoms with van der Waals surface area (Å²) in [5, 5.41) is 9.05. The van der Waals surface area contributed by atoms with Gasteiger partial charge >= 0.3 is 5.97 Å². The van der Waals surface area contributed by atoms with Gasteiger partial charge in [0.2, 0.25) is 0 Å². The molecule has 0 aromatic rings. The summed E-state index contributed by atoms with van der Waals surface area (Å²) < 4.78 is 0. The van der Waals surface area contributed by atoms with Crippen LogP contribution in [-0.4, -0.2) is 16.5 Å². The lowest BCUT2D eigenvalue weighted by Gasteiger charge is -2.10. The summed E-state index contributed by atoms with van der Waals surface area (Å²) in [5.74, 6) is 1.31. The molecule has 4 saturated carbocycles. The number of carboxylic acid groups (broad SMARTS) is 1. The normalized spacial score (nSPS) is 63.4. The topological polar surface area (TPSA) is 37.3 Å². The molecule has 4 bridgehead atoms. The molecule has 0 amide bonds. The molecule has 4 fully saturated rings. The maximum absolute atomic E-state index is 10.8. The monoisotopic (exact) mass is 172 g/mol. The van der Waals surface area contributed by atoms with Crippen LogP contribution in [0.4, 0.5) is 0 Å². The van der Waals surface area contributed by atoms with Crippen molar-refractivity contribution in [1.29, 1.82) is 0 Å². The van der Waals surface area contributed by atoms with Crippen LogP contribution >= 0.6 is 11.6 Å². The zero-order chi connectivity index (χ0) is 7.75. The summed E-state index contributed by atoms with van der Waals surface area (Å²) in [6.45, 7) is 0. The first-order valence-electron chi connectivity index (χ1n) is 4.08. The summed E-state index contributed by atoms with van der Waals surface area (Å²) in [6, 6.07) is 0. The van der Waals surface area contributed by atoms with Gasteiger partial charge in [-0.05, 0) is 30.1 Å². The molecule has 0 heterocycles. The van der Waals surface area contributed by atoms with Crippen molar-refractivity contribution in [3.05, 3.63) is 0 Å². The molecule has 2 nitrogen and oxygen atoms in total. The van der Waals surface area contributed by atoms with Crippen molar-refractivity contribution in [3.63, 3.8) is 0 Å². The fraction of sp³-hybridized carbons (Fsp3) is 0.875. The fourth-order valence-electron chi connectivity index (χ4n) is 3.40. The van der Waals surface area contributed by atoms with Gasteiger partial charge in [0.25, 0.3) is 0 Å². The maximum Gasteiger partial charge on any atom is 0.307 e. The third kappa shape index (κ3) is 0.516. The van der Waals surface area contributed by atoms with Gasteiger partial charge in [0.05, 0.1) is 5.92 Å². The SMILES string of the molecule is O=C(O)[C@H]1[C@@H]2C[C@@H]3[C@@H]([C@@H]2Cl)[C@@H]31. The van der Waals surface area contributed by atoms with Gasteiger partial charge in [-0.1, -0.05) is 0 Å². The van der Waals surface area contributed by atoms with E-state index >= 15 is 0 Å². The molecule has 0 saturated heterocycles. The first kappa shape index (κ1) is 6.30. The summed E-state index contributed by atoms with van der Waals surface area (Å²) in [6.07, 6.45) is 1.08. The standard InChI is InChI=1S/C8H9ClO2/c9-7-3-1-2-4(5(2)7)6(3)8(10)11/h2-7H,1H2,(H,10,11)/t2-,3-,4+,5+,6-,7+/m0/s1. The lowest BCUT2D eigenvalue weighted by Crippen LogP contribution is -2.20. The number of halogens is 1. The third-order valence-electron chi connectivity index (χ3n) is 3.77. The third-order valence-corrected chi connectivity index (χ3v) is 4.39. The van der Waals surface area contributed by atoms with Gasteiger partial charge in [0, 0.05) is 5.38 Å². The number of hydrogen-bond acceptors (Lipinski definition) is 1. The quantitative estimate of drug-likeness (QED) is 0.604. The second kappa shape index (κ2) is 1.58. The molecule has 3 heteroatoms. The molecule has 1 N–H and O–H groups in total. The first-order valence-corrected chi connectivity index (χ1v) is 4.52. The molecule has 6 atom stereocenters. The van der Waals surface area contributed by atoms with Gasteiger partial charge in [-0.3, -0.25) is 4.79 Å². The Kier molecular flexibility index (Phi) is 0.905. The van der Waals surface area contributed by atoms with Crippen LogP contribution < -0.4 is 0 Å². The van der Waals surface area contributed by atoms with Crippen molar-refractivity contribution < 1.29 is 9.90 Å². The van der Waals surface area contributed by atoms with Crippen molar-refractivity contribution in [2.45, 2.75) is 11.8 Å². The molecule has 4 aliphatic carbocycles. The Hall–Kier alpha value is -0.240. The van der Waals surface area contributed by atoms with Crippen molar-refractivity contribution in [2.75, 3.05) is 0 Å². The Morgan fingerprint density at radius 3 is 2.27 bits per heavy atom. The van der Waals surface area contributed by atoms with Crippen LogP contribution in [0.1, 0.15) is 6.42 Å². The van der Waals surface area contributed by atoms with Gasteiger partial charge in [-0.25, -0.2) is 0 Å². The first-order chi connectivity index (χ1) is 5.22. The molecular weight excluding hydrogens is 164 g/mol. The largest absolute Gasteiger partial charge is 0.481 e. The van der Waals surface area contributed by atoms with Crippen molar-refractivity contribution in [3.8, 4) is 0 Å². The minimum Gasteiger partial charge on any atom is -0.481 e. The molecule has 0 spiro atoms. The van der Waals surface area contributed by atoms with Crippen molar-refractivity contribution in [1.82, 2.24) is 0 Å². The van der Waals surface area contributed by atoms with Gasteiger partial charge < -0.3 is 5.11 Å².